The SMILES string of the molecule is COc1ccc([C@H]2C([C@@H](C)O)=NO[C@@H]3CCCC[C@H]23)cc1. The quantitative estimate of drug-likeness (QED) is 0.930. The van der Waals surface area contributed by atoms with Crippen LogP contribution >= 0.6 is 0 Å². The highest BCUT2D eigenvalue weighted by atomic mass is 16.6. The van der Waals surface area contributed by atoms with Crippen molar-refractivity contribution in [2.75, 3.05) is 7.11 Å². The Morgan fingerprint density at radius 3 is 2.62 bits per heavy atom. The van der Waals surface area contributed by atoms with Gasteiger partial charge in [0.05, 0.1) is 18.9 Å². The summed E-state index contributed by atoms with van der Waals surface area (Å²) in [6.45, 7) is 1.77. The minimum absolute atomic E-state index is 0.148. The van der Waals surface area contributed by atoms with Crippen molar-refractivity contribution in [3.8, 4) is 5.75 Å². The van der Waals surface area contributed by atoms with Crippen LogP contribution in [0.1, 0.15) is 44.1 Å². The maximum Gasteiger partial charge on any atom is 0.131 e. The molecule has 21 heavy (non-hydrogen) atoms. The number of oxime groups is 1. The highest BCUT2D eigenvalue weighted by Crippen LogP contribution is 2.42. The monoisotopic (exact) mass is 289 g/mol. The molecule has 4 heteroatoms. The van der Waals surface area contributed by atoms with Gasteiger partial charge in [-0.25, -0.2) is 0 Å². The first-order valence-electron chi connectivity index (χ1n) is 7.76. The van der Waals surface area contributed by atoms with Crippen molar-refractivity contribution in [2.24, 2.45) is 11.1 Å². The molecule has 0 aromatic heterocycles. The molecule has 0 saturated heterocycles. The van der Waals surface area contributed by atoms with Crippen LogP contribution in [0.3, 0.4) is 0 Å². The predicted molar refractivity (Wildman–Crippen MR) is 81.7 cm³/mol. The van der Waals surface area contributed by atoms with Crippen molar-refractivity contribution in [1.82, 2.24) is 0 Å². The van der Waals surface area contributed by atoms with Crippen LogP contribution in [-0.2, 0) is 4.84 Å². The molecule has 1 aliphatic heterocycles. The second-order valence-electron chi connectivity index (χ2n) is 6.04. The van der Waals surface area contributed by atoms with Gasteiger partial charge >= 0.3 is 0 Å². The zero-order valence-electron chi connectivity index (χ0n) is 12.7. The molecule has 1 aromatic rings. The van der Waals surface area contributed by atoms with Gasteiger partial charge in [-0.1, -0.05) is 23.7 Å². The van der Waals surface area contributed by atoms with E-state index in [2.05, 4.69) is 17.3 Å². The molecule has 0 amide bonds. The predicted octanol–water partition coefficient (Wildman–Crippen LogP) is 3.10. The molecule has 0 bridgehead atoms. The minimum atomic E-state index is -0.583. The molecular formula is C17H23NO3. The first kappa shape index (κ1) is 14.4. The van der Waals surface area contributed by atoms with Gasteiger partial charge < -0.3 is 14.7 Å². The molecule has 4 nitrogen and oxygen atoms in total. The molecule has 114 valence electrons. The summed E-state index contributed by atoms with van der Waals surface area (Å²) in [6, 6.07) is 8.11. The van der Waals surface area contributed by atoms with E-state index >= 15 is 0 Å². The second-order valence-corrected chi connectivity index (χ2v) is 6.04. The number of hydrogen-bond donors (Lipinski definition) is 1. The topological polar surface area (TPSA) is 51.0 Å². The standard InChI is InChI=1S/C17H23NO3/c1-11(19)17-16(12-7-9-13(20-2)10-8-12)14-5-3-4-6-15(14)21-18-17/h7-11,14-16,19H,3-6H2,1-2H3/t11-,14+,15-,16-/m1/s1. The van der Waals surface area contributed by atoms with E-state index in [1.54, 1.807) is 14.0 Å². The van der Waals surface area contributed by atoms with Crippen molar-refractivity contribution in [1.29, 1.82) is 0 Å². The van der Waals surface area contributed by atoms with Crippen molar-refractivity contribution in [3.63, 3.8) is 0 Å². The molecule has 2 aliphatic rings. The number of hydrogen-bond acceptors (Lipinski definition) is 4. The molecule has 1 saturated carbocycles. The summed E-state index contributed by atoms with van der Waals surface area (Å²) < 4.78 is 5.23. The number of aliphatic hydroxyl groups is 1. The van der Waals surface area contributed by atoms with Crippen LogP contribution in [0.2, 0.25) is 0 Å². The third kappa shape index (κ3) is 2.77. The molecule has 1 fully saturated rings. The number of ether oxygens (including phenoxy) is 1. The number of aliphatic hydroxyl groups excluding tert-OH is 1. The summed E-state index contributed by atoms with van der Waals surface area (Å²) in [5.41, 5.74) is 1.94. The van der Waals surface area contributed by atoms with E-state index in [-0.39, 0.29) is 12.0 Å². The third-order valence-corrected chi connectivity index (χ3v) is 4.70. The number of benzene rings is 1. The van der Waals surface area contributed by atoms with E-state index in [0.717, 1.165) is 24.3 Å². The number of nitrogens with zero attached hydrogens (tertiary/aromatic N) is 1. The Kier molecular flexibility index (Phi) is 4.15. The Morgan fingerprint density at radius 1 is 1.24 bits per heavy atom. The van der Waals surface area contributed by atoms with Crippen molar-refractivity contribution < 1.29 is 14.7 Å². The molecule has 1 aromatic carbocycles. The Labute approximate surface area is 125 Å². The zero-order valence-corrected chi connectivity index (χ0v) is 12.7. The summed E-state index contributed by atoms with van der Waals surface area (Å²) in [6.07, 6.45) is 4.23. The third-order valence-electron chi connectivity index (χ3n) is 4.70. The average molecular weight is 289 g/mol. The molecule has 1 N–H and O–H groups in total. The fourth-order valence-electron chi connectivity index (χ4n) is 3.61. The Hall–Kier alpha value is -1.55. The minimum Gasteiger partial charge on any atom is -0.497 e. The van der Waals surface area contributed by atoms with Crippen LogP contribution in [0.15, 0.2) is 29.4 Å². The summed E-state index contributed by atoms with van der Waals surface area (Å²) in [4.78, 5) is 5.66. The van der Waals surface area contributed by atoms with Gasteiger partial charge in [-0.3, -0.25) is 0 Å². The van der Waals surface area contributed by atoms with Crippen molar-refractivity contribution >= 4 is 5.71 Å². The fourth-order valence-corrected chi connectivity index (χ4v) is 3.61. The molecule has 1 heterocycles. The first-order chi connectivity index (χ1) is 10.2. The molecule has 1 aliphatic carbocycles. The van der Waals surface area contributed by atoms with Crippen molar-refractivity contribution in [2.45, 2.75) is 50.7 Å². The zero-order chi connectivity index (χ0) is 14.8. The summed E-state index contributed by atoms with van der Waals surface area (Å²) in [7, 11) is 1.67. The molecule has 0 spiro atoms. The van der Waals surface area contributed by atoms with Gasteiger partial charge in [0.2, 0.25) is 0 Å². The summed E-state index contributed by atoms with van der Waals surface area (Å²) >= 11 is 0. The van der Waals surface area contributed by atoms with Gasteiger partial charge in [-0.2, -0.15) is 0 Å². The van der Waals surface area contributed by atoms with Crippen LogP contribution in [0, 0.1) is 5.92 Å². The van der Waals surface area contributed by atoms with Gasteiger partial charge in [-0.15, -0.1) is 0 Å². The Balaban J connectivity index is 1.96. The normalized spacial score (nSPS) is 29.9. The Morgan fingerprint density at radius 2 is 1.95 bits per heavy atom. The lowest BCUT2D eigenvalue weighted by Gasteiger charge is -2.40. The molecule has 0 unspecified atom stereocenters. The summed E-state index contributed by atoms with van der Waals surface area (Å²) in [5, 5.41) is 14.3. The van der Waals surface area contributed by atoms with E-state index in [1.807, 2.05) is 12.1 Å². The van der Waals surface area contributed by atoms with E-state index in [0.29, 0.717) is 5.92 Å². The van der Waals surface area contributed by atoms with E-state index in [4.69, 9.17) is 9.57 Å². The number of rotatable bonds is 3. The fraction of sp³-hybridized carbons (Fsp3) is 0.588. The number of fused-ring (bicyclic) bond motifs is 1. The lowest BCUT2D eigenvalue weighted by atomic mass is 9.71. The average Bonchev–Trinajstić information content (AvgIpc) is 2.53. The largest absolute Gasteiger partial charge is 0.497 e. The lowest BCUT2D eigenvalue weighted by Crippen LogP contribution is -2.42. The van der Waals surface area contributed by atoms with Crippen LogP contribution in [0.4, 0.5) is 0 Å². The van der Waals surface area contributed by atoms with E-state index in [9.17, 15) is 5.11 Å². The van der Waals surface area contributed by atoms with Crippen LogP contribution in [0.25, 0.3) is 0 Å². The molecule has 3 rings (SSSR count). The maximum atomic E-state index is 10.1. The van der Waals surface area contributed by atoms with Crippen LogP contribution in [-0.4, -0.2) is 30.1 Å². The second kappa shape index (κ2) is 6.06. The number of methoxy groups -OCH3 is 1. The molecule has 4 atom stereocenters. The van der Waals surface area contributed by atoms with Gasteiger partial charge in [0.1, 0.15) is 11.9 Å². The molecular weight excluding hydrogens is 266 g/mol. The maximum absolute atomic E-state index is 10.1. The van der Waals surface area contributed by atoms with Gasteiger partial charge in [0.15, 0.2) is 0 Å². The lowest BCUT2D eigenvalue weighted by molar-refractivity contribution is -0.0281. The van der Waals surface area contributed by atoms with Gasteiger partial charge in [0.25, 0.3) is 0 Å². The molecule has 0 radical (unpaired) electrons. The van der Waals surface area contributed by atoms with E-state index < -0.39 is 6.10 Å². The smallest absolute Gasteiger partial charge is 0.131 e. The van der Waals surface area contributed by atoms with Crippen LogP contribution in [0.5, 0.6) is 5.75 Å². The first-order valence-corrected chi connectivity index (χ1v) is 7.76. The summed E-state index contributed by atoms with van der Waals surface area (Å²) in [5.74, 6) is 1.41. The highest BCUT2D eigenvalue weighted by molar-refractivity contribution is 5.94. The van der Waals surface area contributed by atoms with Gasteiger partial charge in [-0.05, 0) is 43.9 Å². The highest BCUT2D eigenvalue weighted by Gasteiger charge is 2.41. The van der Waals surface area contributed by atoms with Gasteiger partial charge in [0, 0.05) is 11.8 Å². The van der Waals surface area contributed by atoms with Crippen LogP contribution < -0.4 is 4.74 Å². The Bertz CT molecular complexity index is 509. The van der Waals surface area contributed by atoms with E-state index in [1.165, 1.54) is 18.4 Å². The van der Waals surface area contributed by atoms with Crippen molar-refractivity contribution in [3.05, 3.63) is 29.8 Å².